The summed E-state index contributed by atoms with van der Waals surface area (Å²) < 4.78 is 0. The van der Waals surface area contributed by atoms with Crippen LogP contribution in [0.1, 0.15) is 53.0 Å². The molecule has 1 atom stereocenters. The largest absolute Gasteiger partial charge is 0.350 e. The molecule has 0 aliphatic heterocycles. The summed E-state index contributed by atoms with van der Waals surface area (Å²) in [4.78, 5) is 26.6. The highest BCUT2D eigenvalue weighted by atomic mass is 35.5. The maximum absolute atomic E-state index is 12.6. The van der Waals surface area contributed by atoms with Crippen molar-refractivity contribution in [3.63, 3.8) is 0 Å². The van der Waals surface area contributed by atoms with E-state index in [1.807, 2.05) is 46.8 Å². The fourth-order valence-corrected chi connectivity index (χ4v) is 2.49. The van der Waals surface area contributed by atoms with Gasteiger partial charge in [-0.15, -0.1) is 0 Å². The number of benzene rings is 1. The van der Waals surface area contributed by atoms with Crippen molar-refractivity contribution in [2.24, 2.45) is 0 Å². The van der Waals surface area contributed by atoms with Gasteiger partial charge in [0, 0.05) is 23.5 Å². The van der Waals surface area contributed by atoms with Crippen molar-refractivity contribution in [3.8, 4) is 0 Å². The Kier molecular flexibility index (Phi) is 7.07. The minimum absolute atomic E-state index is 0.0316. The third-order valence-electron chi connectivity index (χ3n) is 3.45. The highest BCUT2D eigenvalue weighted by molar-refractivity contribution is 6.30. The standard InChI is InChI=1S/C18H27ClN2O2/c1-6-15(17(23)20-18(3,4)5)21(16(22)7-2)12-13-8-10-14(19)11-9-13/h8-11,15H,6-7,12H2,1-5H3,(H,20,23). The molecule has 0 radical (unpaired) electrons. The Morgan fingerprint density at radius 3 is 2.17 bits per heavy atom. The second-order valence-corrected chi connectivity index (χ2v) is 7.10. The first kappa shape index (κ1) is 19.5. The Morgan fingerprint density at radius 2 is 1.74 bits per heavy atom. The van der Waals surface area contributed by atoms with E-state index in [-0.39, 0.29) is 17.4 Å². The van der Waals surface area contributed by atoms with Crippen LogP contribution in [-0.4, -0.2) is 28.3 Å². The Bertz CT molecular complexity index is 535. The molecule has 4 nitrogen and oxygen atoms in total. The van der Waals surface area contributed by atoms with Gasteiger partial charge in [-0.05, 0) is 44.9 Å². The van der Waals surface area contributed by atoms with Crippen molar-refractivity contribution in [1.29, 1.82) is 0 Å². The van der Waals surface area contributed by atoms with Gasteiger partial charge in [0.25, 0.3) is 0 Å². The van der Waals surface area contributed by atoms with Crippen LogP contribution in [0.3, 0.4) is 0 Å². The lowest BCUT2D eigenvalue weighted by molar-refractivity contribution is -0.141. The van der Waals surface area contributed by atoms with Crippen LogP contribution < -0.4 is 5.32 Å². The molecule has 1 aromatic rings. The molecule has 0 aromatic heterocycles. The molecular weight excluding hydrogens is 312 g/mol. The predicted molar refractivity (Wildman–Crippen MR) is 94.3 cm³/mol. The number of hydrogen-bond acceptors (Lipinski definition) is 2. The Hall–Kier alpha value is -1.55. The first-order valence-electron chi connectivity index (χ1n) is 8.03. The van der Waals surface area contributed by atoms with Gasteiger partial charge in [-0.2, -0.15) is 0 Å². The first-order valence-corrected chi connectivity index (χ1v) is 8.41. The van der Waals surface area contributed by atoms with Gasteiger partial charge in [0.05, 0.1) is 0 Å². The van der Waals surface area contributed by atoms with Crippen LogP contribution in [0.15, 0.2) is 24.3 Å². The van der Waals surface area contributed by atoms with Crippen molar-refractivity contribution in [3.05, 3.63) is 34.9 Å². The summed E-state index contributed by atoms with van der Waals surface area (Å²) in [5.74, 6) is -0.147. The predicted octanol–water partition coefficient (Wildman–Crippen LogP) is 3.77. The van der Waals surface area contributed by atoms with Crippen LogP contribution in [-0.2, 0) is 16.1 Å². The van der Waals surface area contributed by atoms with Crippen LogP contribution in [0.2, 0.25) is 5.02 Å². The summed E-state index contributed by atoms with van der Waals surface area (Å²) >= 11 is 5.91. The van der Waals surface area contributed by atoms with E-state index in [0.717, 1.165) is 5.56 Å². The fraction of sp³-hybridized carbons (Fsp3) is 0.556. The number of rotatable bonds is 6. The van der Waals surface area contributed by atoms with Gasteiger partial charge in [-0.3, -0.25) is 9.59 Å². The third kappa shape index (κ3) is 6.22. The van der Waals surface area contributed by atoms with Crippen LogP contribution >= 0.6 is 11.6 Å². The third-order valence-corrected chi connectivity index (χ3v) is 3.70. The summed E-state index contributed by atoms with van der Waals surface area (Å²) in [6.45, 7) is 9.94. The fourth-order valence-electron chi connectivity index (χ4n) is 2.36. The van der Waals surface area contributed by atoms with E-state index < -0.39 is 6.04 Å². The molecule has 0 bridgehead atoms. The molecule has 128 valence electrons. The normalized spacial score (nSPS) is 12.6. The van der Waals surface area contributed by atoms with Gasteiger partial charge in [-0.25, -0.2) is 0 Å². The van der Waals surface area contributed by atoms with Crippen LogP contribution in [0.25, 0.3) is 0 Å². The highest BCUT2D eigenvalue weighted by Crippen LogP contribution is 2.16. The minimum atomic E-state index is -0.475. The van der Waals surface area contributed by atoms with E-state index in [1.54, 1.807) is 17.0 Å². The van der Waals surface area contributed by atoms with E-state index in [2.05, 4.69) is 5.32 Å². The molecule has 0 saturated heterocycles. The van der Waals surface area contributed by atoms with Crippen molar-refractivity contribution < 1.29 is 9.59 Å². The average Bonchev–Trinajstić information content (AvgIpc) is 2.46. The smallest absolute Gasteiger partial charge is 0.243 e. The summed E-state index contributed by atoms with van der Waals surface area (Å²) in [7, 11) is 0. The Balaban J connectivity index is 3.00. The molecule has 0 spiro atoms. The van der Waals surface area contributed by atoms with E-state index >= 15 is 0 Å². The molecule has 1 aromatic carbocycles. The number of amides is 2. The minimum Gasteiger partial charge on any atom is -0.350 e. The lowest BCUT2D eigenvalue weighted by Gasteiger charge is -2.33. The zero-order valence-corrected chi connectivity index (χ0v) is 15.4. The Labute approximate surface area is 144 Å². The zero-order chi connectivity index (χ0) is 17.6. The quantitative estimate of drug-likeness (QED) is 0.858. The number of carbonyl (C=O) groups is 2. The van der Waals surface area contributed by atoms with Gasteiger partial charge in [0.1, 0.15) is 6.04 Å². The van der Waals surface area contributed by atoms with E-state index in [0.29, 0.717) is 24.4 Å². The molecule has 0 saturated carbocycles. The molecule has 2 amide bonds. The highest BCUT2D eigenvalue weighted by Gasteiger charge is 2.29. The molecule has 0 aliphatic carbocycles. The van der Waals surface area contributed by atoms with Crippen LogP contribution in [0.5, 0.6) is 0 Å². The zero-order valence-electron chi connectivity index (χ0n) is 14.6. The molecular formula is C18H27ClN2O2. The summed E-state index contributed by atoms with van der Waals surface area (Å²) in [6.07, 6.45) is 0.939. The molecule has 1 rings (SSSR count). The van der Waals surface area contributed by atoms with Crippen molar-refractivity contribution in [2.45, 2.75) is 65.6 Å². The molecule has 0 fully saturated rings. The van der Waals surface area contributed by atoms with Gasteiger partial charge in [0.15, 0.2) is 0 Å². The second kappa shape index (κ2) is 8.34. The lowest BCUT2D eigenvalue weighted by Crippen LogP contribution is -2.53. The van der Waals surface area contributed by atoms with Gasteiger partial charge in [-0.1, -0.05) is 37.6 Å². The number of hydrogen-bond donors (Lipinski definition) is 1. The molecule has 5 heteroatoms. The van der Waals surface area contributed by atoms with Crippen molar-refractivity contribution in [2.75, 3.05) is 0 Å². The van der Waals surface area contributed by atoms with Gasteiger partial charge in [0.2, 0.25) is 11.8 Å². The van der Waals surface area contributed by atoms with Gasteiger partial charge < -0.3 is 10.2 Å². The van der Waals surface area contributed by atoms with Crippen LogP contribution in [0.4, 0.5) is 0 Å². The maximum atomic E-state index is 12.6. The molecule has 0 aliphatic rings. The Morgan fingerprint density at radius 1 is 1.17 bits per heavy atom. The molecule has 23 heavy (non-hydrogen) atoms. The number of nitrogens with one attached hydrogen (secondary N) is 1. The molecule has 1 unspecified atom stereocenters. The summed E-state index contributed by atoms with van der Waals surface area (Å²) in [5, 5.41) is 3.62. The molecule has 1 N–H and O–H groups in total. The summed E-state index contributed by atoms with van der Waals surface area (Å²) in [6, 6.07) is 6.88. The molecule has 0 heterocycles. The van der Waals surface area contributed by atoms with E-state index in [4.69, 9.17) is 11.6 Å². The summed E-state index contributed by atoms with van der Waals surface area (Å²) in [5.41, 5.74) is 0.629. The second-order valence-electron chi connectivity index (χ2n) is 6.66. The maximum Gasteiger partial charge on any atom is 0.243 e. The number of carbonyl (C=O) groups excluding carboxylic acids is 2. The lowest BCUT2D eigenvalue weighted by atomic mass is 10.1. The van der Waals surface area contributed by atoms with Gasteiger partial charge >= 0.3 is 0 Å². The van der Waals surface area contributed by atoms with Crippen molar-refractivity contribution >= 4 is 23.4 Å². The monoisotopic (exact) mass is 338 g/mol. The topological polar surface area (TPSA) is 49.4 Å². The number of nitrogens with zero attached hydrogens (tertiary/aromatic N) is 1. The van der Waals surface area contributed by atoms with E-state index in [1.165, 1.54) is 0 Å². The van der Waals surface area contributed by atoms with Crippen LogP contribution in [0, 0.1) is 0 Å². The number of halogens is 1. The first-order chi connectivity index (χ1) is 10.7. The van der Waals surface area contributed by atoms with Crippen molar-refractivity contribution in [1.82, 2.24) is 10.2 Å². The van der Waals surface area contributed by atoms with E-state index in [9.17, 15) is 9.59 Å². The average molecular weight is 339 g/mol. The SMILES string of the molecule is CCC(=O)N(Cc1ccc(Cl)cc1)C(CC)C(=O)NC(C)(C)C.